The van der Waals surface area contributed by atoms with Crippen LogP contribution in [0.2, 0.25) is 5.02 Å². The molecule has 0 amide bonds. The SMILES string of the molecule is CCC(O)COc1cccc(Cl)c1CNC(C)(C)C. The van der Waals surface area contributed by atoms with E-state index in [9.17, 15) is 5.11 Å². The summed E-state index contributed by atoms with van der Waals surface area (Å²) in [4.78, 5) is 0. The van der Waals surface area contributed by atoms with Crippen LogP contribution in [0, 0.1) is 0 Å². The van der Waals surface area contributed by atoms with Gasteiger partial charge in [-0.25, -0.2) is 0 Å². The molecule has 0 saturated carbocycles. The van der Waals surface area contributed by atoms with E-state index >= 15 is 0 Å². The van der Waals surface area contributed by atoms with Crippen molar-refractivity contribution in [2.24, 2.45) is 0 Å². The molecule has 1 aromatic carbocycles. The number of rotatable bonds is 6. The molecular weight excluding hydrogens is 262 g/mol. The average Bonchev–Trinajstić information content (AvgIpc) is 2.33. The minimum atomic E-state index is -0.442. The lowest BCUT2D eigenvalue weighted by Crippen LogP contribution is -2.35. The van der Waals surface area contributed by atoms with Gasteiger partial charge in [-0.2, -0.15) is 0 Å². The molecule has 1 aromatic rings. The van der Waals surface area contributed by atoms with Crippen molar-refractivity contribution in [3.63, 3.8) is 0 Å². The molecule has 0 spiro atoms. The standard InChI is InChI=1S/C15H24ClNO2/c1-5-11(18)10-19-14-8-6-7-13(16)12(14)9-17-15(2,3)4/h6-8,11,17-18H,5,9-10H2,1-4H3. The van der Waals surface area contributed by atoms with Gasteiger partial charge in [-0.05, 0) is 39.3 Å². The van der Waals surface area contributed by atoms with Crippen LogP contribution in [0.5, 0.6) is 5.75 Å². The van der Waals surface area contributed by atoms with Crippen molar-refractivity contribution in [2.75, 3.05) is 6.61 Å². The molecule has 0 heterocycles. The Morgan fingerprint density at radius 1 is 1.37 bits per heavy atom. The fourth-order valence-corrected chi connectivity index (χ4v) is 1.74. The van der Waals surface area contributed by atoms with Crippen molar-refractivity contribution in [2.45, 2.75) is 52.3 Å². The van der Waals surface area contributed by atoms with Crippen LogP contribution in [0.4, 0.5) is 0 Å². The highest BCUT2D eigenvalue weighted by atomic mass is 35.5. The van der Waals surface area contributed by atoms with Crippen molar-refractivity contribution in [3.8, 4) is 5.75 Å². The zero-order valence-corrected chi connectivity index (χ0v) is 12.9. The maximum atomic E-state index is 9.56. The fourth-order valence-electron chi connectivity index (χ4n) is 1.50. The summed E-state index contributed by atoms with van der Waals surface area (Å²) < 4.78 is 5.66. The van der Waals surface area contributed by atoms with Gasteiger partial charge < -0.3 is 15.2 Å². The maximum Gasteiger partial charge on any atom is 0.125 e. The molecule has 4 heteroatoms. The van der Waals surface area contributed by atoms with Crippen LogP contribution < -0.4 is 10.1 Å². The minimum Gasteiger partial charge on any atom is -0.491 e. The first-order valence-electron chi connectivity index (χ1n) is 6.66. The first kappa shape index (κ1) is 16.3. The number of nitrogens with one attached hydrogen (secondary N) is 1. The highest BCUT2D eigenvalue weighted by molar-refractivity contribution is 6.31. The fraction of sp³-hybridized carbons (Fsp3) is 0.600. The summed E-state index contributed by atoms with van der Waals surface area (Å²) in [6.07, 6.45) is 0.235. The third kappa shape index (κ3) is 5.81. The lowest BCUT2D eigenvalue weighted by atomic mass is 10.1. The summed E-state index contributed by atoms with van der Waals surface area (Å²) in [5, 5.41) is 13.6. The van der Waals surface area contributed by atoms with Crippen molar-refractivity contribution in [1.29, 1.82) is 0 Å². The van der Waals surface area contributed by atoms with Crippen molar-refractivity contribution in [1.82, 2.24) is 5.32 Å². The van der Waals surface area contributed by atoms with Crippen LogP contribution in [0.25, 0.3) is 0 Å². The van der Waals surface area contributed by atoms with E-state index in [1.807, 2.05) is 25.1 Å². The van der Waals surface area contributed by atoms with E-state index in [0.29, 0.717) is 24.6 Å². The number of hydrogen-bond acceptors (Lipinski definition) is 3. The number of benzene rings is 1. The van der Waals surface area contributed by atoms with Gasteiger partial charge in [-0.3, -0.25) is 0 Å². The van der Waals surface area contributed by atoms with E-state index in [-0.39, 0.29) is 5.54 Å². The molecule has 0 fully saturated rings. The van der Waals surface area contributed by atoms with Gasteiger partial charge in [0.05, 0.1) is 6.10 Å². The molecule has 0 bridgehead atoms. The Bertz CT molecular complexity index is 402. The van der Waals surface area contributed by atoms with Gasteiger partial charge in [0.15, 0.2) is 0 Å². The van der Waals surface area contributed by atoms with Crippen LogP contribution in [0.15, 0.2) is 18.2 Å². The largest absolute Gasteiger partial charge is 0.491 e. The Hall–Kier alpha value is -0.770. The van der Waals surface area contributed by atoms with Crippen molar-refractivity contribution < 1.29 is 9.84 Å². The maximum absolute atomic E-state index is 9.56. The molecule has 2 N–H and O–H groups in total. The van der Waals surface area contributed by atoms with E-state index < -0.39 is 6.10 Å². The average molecular weight is 286 g/mol. The van der Waals surface area contributed by atoms with Gasteiger partial charge >= 0.3 is 0 Å². The highest BCUT2D eigenvalue weighted by Gasteiger charge is 2.14. The molecule has 0 aliphatic rings. The second kappa shape index (κ2) is 7.13. The summed E-state index contributed by atoms with van der Waals surface area (Å²) in [6, 6.07) is 5.59. The molecule has 3 nitrogen and oxygen atoms in total. The van der Waals surface area contributed by atoms with E-state index in [1.54, 1.807) is 0 Å². The van der Waals surface area contributed by atoms with Crippen LogP contribution in [0.1, 0.15) is 39.7 Å². The molecule has 1 rings (SSSR count). The summed E-state index contributed by atoms with van der Waals surface area (Å²) in [7, 11) is 0. The quantitative estimate of drug-likeness (QED) is 0.842. The summed E-state index contributed by atoms with van der Waals surface area (Å²) >= 11 is 6.22. The van der Waals surface area contributed by atoms with E-state index in [2.05, 4.69) is 26.1 Å². The summed E-state index contributed by atoms with van der Waals surface area (Å²) in [5.41, 5.74) is 0.946. The van der Waals surface area contributed by atoms with Gasteiger partial charge in [-0.15, -0.1) is 0 Å². The predicted octanol–water partition coefficient (Wildman–Crippen LogP) is 3.38. The monoisotopic (exact) mass is 285 g/mol. The van der Waals surface area contributed by atoms with Gasteiger partial charge in [0.2, 0.25) is 0 Å². The third-order valence-corrected chi connectivity index (χ3v) is 3.13. The van der Waals surface area contributed by atoms with E-state index in [4.69, 9.17) is 16.3 Å². The number of hydrogen-bond donors (Lipinski definition) is 2. The molecule has 0 aliphatic heterocycles. The van der Waals surface area contributed by atoms with Gasteiger partial charge in [0.1, 0.15) is 12.4 Å². The van der Waals surface area contributed by atoms with Gasteiger partial charge in [0, 0.05) is 22.7 Å². The van der Waals surface area contributed by atoms with E-state index in [1.165, 1.54) is 0 Å². The third-order valence-electron chi connectivity index (χ3n) is 2.77. The second-order valence-corrected chi connectivity index (χ2v) is 6.10. The highest BCUT2D eigenvalue weighted by Crippen LogP contribution is 2.27. The molecule has 0 aromatic heterocycles. The van der Waals surface area contributed by atoms with Crippen molar-refractivity contribution >= 4 is 11.6 Å². The second-order valence-electron chi connectivity index (χ2n) is 5.69. The normalized spacial score (nSPS) is 13.4. The molecule has 0 aliphatic carbocycles. The van der Waals surface area contributed by atoms with Gasteiger partial charge in [-0.1, -0.05) is 24.6 Å². The zero-order valence-electron chi connectivity index (χ0n) is 12.2. The minimum absolute atomic E-state index is 0.0133. The number of ether oxygens (including phenoxy) is 1. The lowest BCUT2D eigenvalue weighted by Gasteiger charge is -2.22. The molecule has 0 radical (unpaired) electrons. The molecular formula is C15H24ClNO2. The number of aliphatic hydroxyl groups is 1. The Morgan fingerprint density at radius 3 is 2.63 bits per heavy atom. The Labute approximate surface area is 120 Å². The predicted molar refractivity (Wildman–Crippen MR) is 79.8 cm³/mol. The zero-order chi connectivity index (χ0) is 14.5. The Balaban J connectivity index is 2.77. The Morgan fingerprint density at radius 2 is 2.05 bits per heavy atom. The van der Waals surface area contributed by atoms with Crippen LogP contribution in [0.3, 0.4) is 0 Å². The molecule has 0 saturated heterocycles. The smallest absolute Gasteiger partial charge is 0.125 e. The lowest BCUT2D eigenvalue weighted by molar-refractivity contribution is 0.104. The molecule has 1 unspecified atom stereocenters. The van der Waals surface area contributed by atoms with E-state index in [0.717, 1.165) is 11.3 Å². The van der Waals surface area contributed by atoms with Crippen molar-refractivity contribution in [3.05, 3.63) is 28.8 Å². The molecule has 1 atom stereocenters. The summed E-state index contributed by atoms with van der Waals surface area (Å²) in [5.74, 6) is 0.733. The summed E-state index contributed by atoms with van der Waals surface area (Å²) in [6.45, 7) is 9.16. The van der Waals surface area contributed by atoms with Crippen LogP contribution >= 0.6 is 11.6 Å². The Kier molecular flexibility index (Phi) is 6.11. The first-order chi connectivity index (χ1) is 8.83. The first-order valence-corrected chi connectivity index (χ1v) is 7.04. The van der Waals surface area contributed by atoms with Crippen LogP contribution in [-0.4, -0.2) is 23.4 Å². The number of aliphatic hydroxyl groups excluding tert-OH is 1. The number of halogens is 1. The van der Waals surface area contributed by atoms with Crippen LogP contribution in [-0.2, 0) is 6.54 Å². The topological polar surface area (TPSA) is 41.5 Å². The molecule has 19 heavy (non-hydrogen) atoms. The molecule has 108 valence electrons. The van der Waals surface area contributed by atoms with Gasteiger partial charge in [0.25, 0.3) is 0 Å².